The van der Waals surface area contributed by atoms with Crippen molar-refractivity contribution in [2.24, 2.45) is 0 Å². The zero-order valence-corrected chi connectivity index (χ0v) is 11.9. The van der Waals surface area contributed by atoms with E-state index in [-0.39, 0.29) is 13.1 Å². The maximum absolute atomic E-state index is 12.3. The Hall–Kier alpha value is -1.60. The highest BCUT2D eigenvalue weighted by Crippen LogP contribution is 2.24. The molecule has 0 aliphatic carbocycles. The van der Waals surface area contributed by atoms with Crippen LogP contribution in [0.1, 0.15) is 12.0 Å². The van der Waals surface area contributed by atoms with Crippen LogP contribution >= 0.6 is 0 Å². The molecule has 0 bridgehead atoms. The van der Waals surface area contributed by atoms with Gasteiger partial charge in [-0.15, -0.1) is 0 Å². The molecule has 0 aromatic heterocycles. The fourth-order valence-electron chi connectivity index (χ4n) is 2.14. The molecule has 0 fully saturated rings. The highest BCUT2D eigenvalue weighted by Gasteiger charge is 2.40. The van der Waals surface area contributed by atoms with E-state index in [1.807, 2.05) is 0 Å². The Balaban J connectivity index is 2.92. The van der Waals surface area contributed by atoms with Gasteiger partial charge in [-0.1, -0.05) is 30.3 Å². The predicted molar refractivity (Wildman–Crippen MR) is 73.0 cm³/mol. The van der Waals surface area contributed by atoms with E-state index in [2.05, 4.69) is 5.32 Å². The molecule has 0 saturated heterocycles. The molecular formula is C14H19F3N2O2. The monoisotopic (exact) mass is 304 g/mol. The average molecular weight is 304 g/mol. The first-order chi connectivity index (χ1) is 9.71. The number of benzene rings is 1. The molecule has 0 saturated carbocycles. The summed E-state index contributed by atoms with van der Waals surface area (Å²) in [6.07, 6.45) is -5.23. The number of aliphatic carboxylic acids is 1. The molecule has 1 rings (SSSR count). The van der Waals surface area contributed by atoms with Crippen LogP contribution in [0, 0.1) is 0 Å². The zero-order valence-electron chi connectivity index (χ0n) is 11.9. The first-order valence-corrected chi connectivity index (χ1v) is 6.44. The standard InChI is InChI=1S/C14H19F3N2O2/c1-18-13(12(20)21,11-6-4-3-5-7-11)10-19(2)9-8-14(15,16)17/h3-7,18H,8-10H2,1-2H3,(H,20,21). The molecule has 118 valence electrons. The number of carbonyl (C=O) groups is 1. The van der Waals surface area contributed by atoms with Crippen LogP contribution < -0.4 is 5.32 Å². The van der Waals surface area contributed by atoms with Crippen molar-refractivity contribution in [1.82, 2.24) is 10.2 Å². The number of hydrogen-bond donors (Lipinski definition) is 2. The van der Waals surface area contributed by atoms with Gasteiger partial charge in [0.1, 0.15) is 0 Å². The summed E-state index contributed by atoms with van der Waals surface area (Å²) in [6.45, 7) is -0.327. The second kappa shape index (κ2) is 6.91. The molecule has 0 aliphatic heterocycles. The predicted octanol–water partition coefficient (Wildman–Crippen LogP) is 2.07. The quantitative estimate of drug-likeness (QED) is 0.810. The van der Waals surface area contributed by atoms with Gasteiger partial charge in [-0.2, -0.15) is 13.2 Å². The van der Waals surface area contributed by atoms with Crippen LogP contribution in [0.25, 0.3) is 0 Å². The molecule has 7 heteroatoms. The normalized spacial score (nSPS) is 15.0. The summed E-state index contributed by atoms with van der Waals surface area (Å²) in [5.74, 6) is -1.13. The molecule has 0 aliphatic rings. The number of hydrogen-bond acceptors (Lipinski definition) is 3. The Morgan fingerprint density at radius 2 is 1.86 bits per heavy atom. The van der Waals surface area contributed by atoms with Gasteiger partial charge in [-0.3, -0.25) is 0 Å². The number of nitrogens with zero attached hydrogens (tertiary/aromatic N) is 1. The number of alkyl halides is 3. The molecule has 4 nitrogen and oxygen atoms in total. The Kier molecular flexibility index (Phi) is 5.74. The summed E-state index contributed by atoms with van der Waals surface area (Å²) < 4.78 is 36.8. The van der Waals surface area contributed by atoms with Gasteiger partial charge >= 0.3 is 12.1 Å². The van der Waals surface area contributed by atoms with E-state index in [4.69, 9.17) is 0 Å². The second-order valence-corrected chi connectivity index (χ2v) is 4.93. The van der Waals surface area contributed by atoms with Gasteiger partial charge in [-0.05, 0) is 19.7 Å². The number of carboxylic acid groups (broad SMARTS) is 1. The van der Waals surface area contributed by atoms with Gasteiger partial charge in [0.25, 0.3) is 0 Å². The average Bonchev–Trinajstić information content (AvgIpc) is 2.42. The van der Waals surface area contributed by atoms with Crippen LogP contribution in [0.2, 0.25) is 0 Å². The van der Waals surface area contributed by atoms with Gasteiger partial charge in [-0.25, -0.2) is 4.79 Å². The lowest BCUT2D eigenvalue weighted by Gasteiger charge is -2.33. The van der Waals surface area contributed by atoms with Gasteiger partial charge in [0.05, 0.1) is 6.42 Å². The third kappa shape index (κ3) is 4.71. The summed E-state index contributed by atoms with van der Waals surface area (Å²) in [5.41, 5.74) is -0.944. The highest BCUT2D eigenvalue weighted by molar-refractivity contribution is 5.81. The van der Waals surface area contributed by atoms with Gasteiger partial charge in [0, 0.05) is 13.1 Å². The number of carboxylic acids is 1. The molecule has 0 radical (unpaired) electrons. The summed E-state index contributed by atoms with van der Waals surface area (Å²) in [5, 5.41) is 12.3. The summed E-state index contributed by atoms with van der Waals surface area (Å²) in [7, 11) is 2.96. The minimum Gasteiger partial charge on any atom is -0.480 e. The molecule has 2 N–H and O–H groups in total. The largest absolute Gasteiger partial charge is 0.480 e. The Morgan fingerprint density at radius 3 is 2.29 bits per heavy atom. The zero-order chi connectivity index (χ0) is 16.1. The van der Waals surface area contributed by atoms with Crippen molar-refractivity contribution in [1.29, 1.82) is 0 Å². The number of rotatable bonds is 7. The molecule has 1 aromatic carbocycles. The number of likely N-dealkylation sites (N-methyl/N-ethyl adjacent to an activating group) is 2. The van der Waals surface area contributed by atoms with Crippen molar-refractivity contribution < 1.29 is 23.1 Å². The topological polar surface area (TPSA) is 52.6 Å². The van der Waals surface area contributed by atoms with Gasteiger partial charge < -0.3 is 15.3 Å². The van der Waals surface area contributed by atoms with Crippen LogP contribution in [-0.2, 0) is 10.3 Å². The Bertz CT molecular complexity index is 465. The minimum atomic E-state index is -4.26. The van der Waals surface area contributed by atoms with Crippen molar-refractivity contribution in [3.8, 4) is 0 Å². The van der Waals surface area contributed by atoms with Crippen LogP contribution in [0.15, 0.2) is 30.3 Å². The smallest absolute Gasteiger partial charge is 0.390 e. The van der Waals surface area contributed by atoms with Crippen LogP contribution in [0.3, 0.4) is 0 Å². The Morgan fingerprint density at radius 1 is 1.29 bits per heavy atom. The van der Waals surface area contributed by atoms with Crippen molar-refractivity contribution in [2.45, 2.75) is 18.1 Å². The first kappa shape index (κ1) is 17.5. The minimum absolute atomic E-state index is 0.0705. The molecule has 0 amide bonds. The summed E-state index contributed by atoms with van der Waals surface area (Å²) in [4.78, 5) is 13.0. The van der Waals surface area contributed by atoms with Gasteiger partial charge in [0.2, 0.25) is 0 Å². The van der Waals surface area contributed by atoms with Crippen molar-refractivity contribution >= 4 is 5.97 Å². The summed E-state index contributed by atoms with van der Waals surface area (Å²) in [6, 6.07) is 8.42. The second-order valence-electron chi connectivity index (χ2n) is 4.93. The highest BCUT2D eigenvalue weighted by atomic mass is 19.4. The number of halogens is 3. The maximum Gasteiger partial charge on any atom is 0.390 e. The molecule has 0 spiro atoms. The molecule has 21 heavy (non-hydrogen) atoms. The Labute approximate surface area is 121 Å². The third-order valence-corrected chi connectivity index (χ3v) is 3.34. The lowest BCUT2D eigenvalue weighted by molar-refractivity contribution is -0.147. The molecule has 0 heterocycles. The van der Waals surface area contributed by atoms with Crippen LogP contribution in [0.5, 0.6) is 0 Å². The molecular weight excluding hydrogens is 285 g/mol. The lowest BCUT2D eigenvalue weighted by atomic mass is 9.89. The van der Waals surface area contributed by atoms with Crippen molar-refractivity contribution in [3.63, 3.8) is 0 Å². The van der Waals surface area contributed by atoms with E-state index in [1.54, 1.807) is 30.3 Å². The fourth-order valence-corrected chi connectivity index (χ4v) is 2.14. The van der Waals surface area contributed by atoms with E-state index in [0.29, 0.717) is 5.56 Å². The number of nitrogens with one attached hydrogen (secondary N) is 1. The molecule has 1 aromatic rings. The fraction of sp³-hybridized carbons (Fsp3) is 0.500. The summed E-state index contributed by atoms with van der Waals surface area (Å²) >= 11 is 0. The van der Waals surface area contributed by atoms with E-state index in [0.717, 1.165) is 0 Å². The van der Waals surface area contributed by atoms with E-state index in [9.17, 15) is 23.1 Å². The van der Waals surface area contributed by atoms with Crippen molar-refractivity contribution in [2.75, 3.05) is 27.2 Å². The first-order valence-electron chi connectivity index (χ1n) is 6.44. The van der Waals surface area contributed by atoms with E-state index in [1.165, 1.54) is 19.0 Å². The maximum atomic E-state index is 12.3. The molecule has 1 unspecified atom stereocenters. The van der Waals surface area contributed by atoms with Crippen LogP contribution in [0.4, 0.5) is 13.2 Å². The lowest BCUT2D eigenvalue weighted by Crippen LogP contribution is -2.54. The molecule has 1 atom stereocenters. The van der Waals surface area contributed by atoms with Crippen molar-refractivity contribution in [3.05, 3.63) is 35.9 Å². The SMILES string of the molecule is CNC(CN(C)CCC(F)(F)F)(C(=O)O)c1ccccc1. The third-order valence-electron chi connectivity index (χ3n) is 3.34. The van der Waals surface area contributed by atoms with E-state index < -0.39 is 24.1 Å². The van der Waals surface area contributed by atoms with Gasteiger partial charge in [0.15, 0.2) is 5.54 Å². The van der Waals surface area contributed by atoms with Crippen LogP contribution in [-0.4, -0.2) is 49.3 Å². The van der Waals surface area contributed by atoms with E-state index >= 15 is 0 Å².